The molecule has 0 radical (unpaired) electrons. The first-order valence-electron chi connectivity index (χ1n) is 22.2. The molecule has 0 unspecified atom stereocenters. The van der Waals surface area contributed by atoms with Crippen molar-refractivity contribution in [3.63, 3.8) is 0 Å². The van der Waals surface area contributed by atoms with Crippen molar-refractivity contribution in [1.82, 2.24) is 9.13 Å². The molecule has 64 heavy (non-hydrogen) atoms. The largest absolute Gasteiger partial charge is 0.309 e. The lowest BCUT2D eigenvalue weighted by molar-refractivity contribution is 1.18. The van der Waals surface area contributed by atoms with Crippen LogP contribution >= 0.6 is 0 Å². The lowest BCUT2D eigenvalue weighted by Crippen LogP contribution is -1.96. The van der Waals surface area contributed by atoms with Crippen LogP contribution in [0.4, 0.5) is 0 Å². The minimum atomic E-state index is 1.14. The average molecular weight is 811 g/mol. The quantitative estimate of drug-likeness (QED) is 0.164. The molecule has 1 aliphatic rings. The van der Waals surface area contributed by atoms with Crippen LogP contribution in [-0.2, 0) is 0 Å². The highest BCUT2D eigenvalue weighted by molar-refractivity contribution is 6.21. The van der Waals surface area contributed by atoms with Crippen LogP contribution in [0.5, 0.6) is 0 Å². The summed E-state index contributed by atoms with van der Waals surface area (Å²) in [5.41, 5.74) is 19.7. The SMILES string of the molecule is c1ccc(-n2c3ccccc3c3cc(-c4ccc5c(c4)c4ccc6ccccc6c4n5-c4cccc(-c5ccccc5-c5ccc6c7c(cccc57)-c5ccccc5-6)c4)ccc32)cc1. The third-order valence-corrected chi connectivity index (χ3v) is 13.9. The fourth-order valence-electron chi connectivity index (χ4n) is 11.1. The molecule has 296 valence electrons. The molecule has 13 aromatic rings. The van der Waals surface area contributed by atoms with Crippen molar-refractivity contribution in [3.05, 3.63) is 231 Å². The Balaban J connectivity index is 0.943. The highest BCUT2D eigenvalue weighted by atomic mass is 15.0. The summed E-state index contributed by atoms with van der Waals surface area (Å²) in [5.74, 6) is 0. The lowest BCUT2D eigenvalue weighted by Gasteiger charge is -2.16. The second-order valence-electron chi connectivity index (χ2n) is 17.2. The first kappa shape index (κ1) is 35.2. The molecule has 14 rings (SSSR count). The molecule has 0 spiro atoms. The monoisotopic (exact) mass is 810 g/mol. The fraction of sp³-hybridized carbons (Fsp3) is 0. The lowest BCUT2D eigenvalue weighted by atomic mass is 9.89. The van der Waals surface area contributed by atoms with E-state index in [9.17, 15) is 0 Å². The van der Waals surface area contributed by atoms with Gasteiger partial charge in [-0.15, -0.1) is 0 Å². The molecule has 0 aliphatic heterocycles. The Morgan fingerprint density at radius 2 is 0.781 bits per heavy atom. The van der Waals surface area contributed by atoms with E-state index in [1.165, 1.54) is 126 Å². The molecule has 2 aromatic heterocycles. The molecular weight excluding hydrogens is 773 g/mol. The van der Waals surface area contributed by atoms with Crippen molar-refractivity contribution >= 4 is 65.2 Å². The van der Waals surface area contributed by atoms with Gasteiger partial charge in [-0.1, -0.05) is 176 Å². The van der Waals surface area contributed by atoms with E-state index in [2.05, 4.69) is 240 Å². The van der Waals surface area contributed by atoms with E-state index in [0.717, 1.165) is 5.69 Å². The molecule has 0 N–H and O–H groups in total. The standard InChI is InChI=1S/C62H38N2/c1-2-16-43(17-3-1)63-58-27-11-10-24-51(58)56-37-40(29-34-59(56)63)41-30-35-60-57(38-41)55-31-28-39-14-4-5-20-46(39)62(55)64(60)44-18-12-15-42(36-44)45-19-6-7-21-47(45)50-32-33-54-49-23-9-8-22-48(49)52-25-13-26-53(50)61(52)54/h1-38H. The zero-order chi connectivity index (χ0) is 41.9. The molecule has 2 heterocycles. The summed E-state index contributed by atoms with van der Waals surface area (Å²) in [6, 6.07) is 85.3. The molecular formula is C62H38N2. The second kappa shape index (κ2) is 13.5. The van der Waals surface area contributed by atoms with Gasteiger partial charge in [0.1, 0.15) is 0 Å². The predicted molar refractivity (Wildman–Crippen MR) is 271 cm³/mol. The maximum Gasteiger partial charge on any atom is 0.0619 e. The van der Waals surface area contributed by atoms with Crippen LogP contribution in [0, 0.1) is 0 Å². The fourth-order valence-corrected chi connectivity index (χ4v) is 11.1. The van der Waals surface area contributed by atoms with Crippen molar-refractivity contribution in [2.45, 2.75) is 0 Å². The molecule has 0 fully saturated rings. The van der Waals surface area contributed by atoms with Gasteiger partial charge in [-0.05, 0) is 126 Å². The Morgan fingerprint density at radius 1 is 0.234 bits per heavy atom. The van der Waals surface area contributed by atoms with Gasteiger partial charge in [0.15, 0.2) is 0 Å². The van der Waals surface area contributed by atoms with Gasteiger partial charge >= 0.3 is 0 Å². The van der Waals surface area contributed by atoms with E-state index < -0.39 is 0 Å². The van der Waals surface area contributed by atoms with Crippen LogP contribution in [0.2, 0.25) is 0 Å². The number of benzene rings is 11. The second-order valence-corrected chi connectivity index (χ2v) is 17.2. The molecule has 11 aromatic carbocycles. The Bertz CT molecular complexity index is 4040. The molecule has 0 bridgehead atoms. The summed E-state index contributed by atoms with van der Waals surface area (Å²) in [7, 11) is 0. The number of para-hydroxylation sites is 2. The maximum absolute atomic E-state index is 2.50. The first-order valence-corrected chi connectivity index (χ1v) is 22.2. The normalized spacial score (nSPS) is 12.1. The van der Waals surface area contributed by atoms with E-state index >= 15 is 0 Å². The summed E-state index contributed by atoms with van der Waals surface area (Å²) < 4.78 is 4.88. The topological polar surface area (TPSA) is 9.86 Å². The molecule has 0 saturated heterocycles. The van der Waals surface area contributed by atoms with E-state index in [1.807, 2.05) is 0 Å². The summed E-state index contributed by atoms with van der Waals surface area (Å²) in [6.07, 6.45) is 0. The number of nitrogens with zero attached hydrogens (tertiary/aromatic N) is 2. The Kier molecular flexibility index (Phi) is 7.43. The van der Waals surface area contributed by atoms with E-state index in [1.54, 1.807) is 0 Å². The molecule has 0 amide bonds. The zero-order valence-corrected chi connectivity index (χ0v) is 34.8. The van der Waals surface area contributed by atoms with Crippen LogP contribution in [0.1, 0.15) is 0 Å². The van der Waals surface area contributed by atoms with Crippen molar-refractivity contribution < 1.29 is 0 Å². The molecule has 2 heteroatoms. The van der Waals surface area contributed by atoms with Crippen LogP contribution in [0.3, 0.4) is 0 Å². The smallest absolute Gasteiger partial charge is 0.0619 e. The Labute approximate surface area is 370 Å². The first-order chi connectivity index (χ1) is 31.8. The van der Waals surface area contributed by atoms with Gasteiger partial charge in [-0.2, -0.15) is 0 Å². The van der Waals surface area contributed by atoms with Gasteiger partial charge in [0.2, 0.25) is 0 Å². The Morgan fingerprint density at radius 3 is 1.58 bits per heavy atom. The molecule has 0 saturated carbocycles. The van der Waals surface area contributed by atoms with Gasteiger partial charge in [-0.25, -0.2) is 0 Å². The molecule has 0 atom stereocenters. The van der Waals surface area contributed by atoms with Gasteiger partial charge in [-0.3, -0.25) is 0 Å². The average Bonchev–Trinajstić information content (AvgIpc) is 4.01. The van der Waals surface area contributed by atoms with Gasteiger partial charge in [0.05, 0.1) is 22.1 Å². The summed E-state index contributed by atoms with van der Waals surface area (Å²) in [5, 5.41) is 10.1. The number of hydrogen-bond donors (Lipinski definition) is 0. The minimum absolute atomic E-state index is 1.14. The van der Waals surface area contributed by atoms with E-state index in [-0.39, 0.29) is 0 Å². The number of rotatable bonds is 5. The minimum Gasteiger partial charge on any atom is -0.309 e. The van der Waals surface area contributed by atoms with Gasteiger partial charge in [0.25, 0.3) is 0 Å². The van der Waals surface area contributed by atoms with Crippen LogP contribution in [0.15, 0.2) is 231 Å². The van der Waals surface area contributed by atoms with Crippen molar-refractivity contribution in [1.29, 1.82) is 0 Å². The number of fused-ring (bicyclic) bond motifs is 11. The van der Waals surface area contributed by atoms with Crippen molar-refractivity contribution in [2.24, 2.45) is 0 Å². The summed E-state index contributed by atoms with van der Waals surface area (Å²) >= 11 is 0. The van der Waals surface area contributed by atoms with Crippen LogP contribution < -0.4 is 0 Å². The van der Waals surface area contributed by atoms with Gasteiger partial charge < -0.3 is 9.13 Å². The highest BCUT2D eigenvalue weighted by Crippen LogP contribution is 2.50. The predicted octanol–water partition coefficient (Wildman–Crippen LogP) is 16.8. The highest BCUT2D eigenvalue weighted by Gasteiger charge is 2.24. The van der Waals surface area contributed by atoms with E-state index in [4.69, 9.17) is 0 Å². The third kappa shape index (κ3) is 5.02. The zero-order valence-electron chi connectivity index (χ0n) is 34.8. The maximum atomic E-state index is 2.50. The molecule has 2 nitrogen and oxygen atoms in total. The van der Waals surface area contributed by atoms with Crippen LogP contribution in [0.25, 0.3) is 132 Å². The van der Waals surface area contributed by atoms with Crippen molar-refractivity contribution in [3.8, 4) is 67.0 Å². The molecule has 1 aliphatic carbocycles. The summed E-state index contributed by atoms with van der Waals surface area (Å²) in [4.78, 5) is 0. The van der Waals surface area contributed by atoms with Crippen LogP contribution in [-0.4, -0.2) is 9.13 Å². The Hall–Kier alpha value is -8.46. The summed E-state index contributed by atoms with van der Waals surface area (Å²) in [6.45, 7) is 0. The van der Waals surface area contributed by atoms with E-state index in [0.29, 0.717) is 0 Å². The number of aromatic nitrogens is 2. The third-order valence-electron chi connectivity index (χ3n) is 13.9. The van der Waals surface area contributed by atoms with Gasteiger partial charge in [0, 0.05) is 38.3 Å². The van der Waals surface area contributed by atoms with Crippen molar-refractivity contribution in [2.75, 3.05) is 0 Å². The number of hydrogen-bond acceptors (Lipinski definition) is 0.